The van der Waals surface area contributed by atoms with Gasteiger partial charge >= 0.3 is 5.97 Å². The van der Waals surface area contributed by atoms with Crippen LogP contribution in [-0.4, -0.2) is 24.0 Å². The van der Waals surface area contributed by atoms with E-state index in [1.807, 2.05) is 13.8 Å². The third-order valence-electron chi connectivity index (χ3n) is 5.94. The molecule has 0 spiro atoms. The van der Waals surface area contributed by atoms with Gasteiger partial charge in [0.15, 0.2) is 0 Å². The van der Waals surface area contributed by atoms with Gasteiger partial charge in [-0.2, -0.15) is 0 Å². The van der Waals surface area contributed by atoms with Crippen LogP contribution in [0.25, 0.3) is 0 Å². The smallest absolute Gasteiger partial charge is 0.331 e. The van der Waals surface area contributed by atoms with E-state index in [4.69, 9.17) is 4.74 Å². The second kappa shape index (κ2) is 7.81. The van der Waals surface area contributed by atoms with Gasteiger partial charge in [0.1, 0.15) is 5.54 Å². The Balaban J connectivity index is 1.75. The largest absolute Gasteiger partial charge is 0.464 e. The highest BCUT2D eigenvalue weighted by atomic mass is 16.5. The Labute approximate surface area is 156 Å². The van der Waals surface area contributed by atoms with Crippen LogP contribution in [0.4, 0.5) is 0 Å². The molecule has 142 valence electrons. The molecule has 1 aromatic rings. The molecular formula is C22H31NO3. The van der Waals surface area contributed by atoms with Gasteiger partial charge in [0.2, 0.25) is 5.91 Å². The summed E-state index contributed by atoms with van der Waals surface area (Å²) >= 11 is 0. The molecule has 4 nitrogen and oxygen atoms in total. The van der Waals surface area contributed by atoms with E-state index in [-0.39, 0.29) is 17.8 Å². The van der Waals surface area contributed by atoms with E-state index >= 15 is 0 Å². The van der Waals surface area contributed by atoms with Crippen molar-refractivity contribution in [2.24, 2.45) is 0 Å². The quantitative estimate of drug-likeness (QED) is 0.770. The minimum Gasteiger partial charge on any atom is -0.464 e. The maximum atomic E-state index is 13.0. The Hall–Kier alpha value is -1.84. The predicted molar refractivity (Wildman–Crippen MR) is 102 cm³/mol. The van der Waals surface area contributed by atoms with Gasteiger partial charge in [0, 0.05) is 0 Å². The molecule has 1 atom stereocenters. The Morgan fingerprint density at radius 1 is 1.23 bits per heavy atom. The average Bonchev–Trinajstić information content (AvgIpc) is 3.47. The molecule has 0 aromatic heterocycles. The van der Waals surface area contributed by atoms with Crippen LogP contribution in [0.1, 0.15) is 87.3 Å². The van der Waals surface area contributed by atoms with Crippen LogP contribution in [0.3, 0.4) is 0 Å². The van der Waals surface area contributed by atoms with Crippen LogP contribution in [0, 0.1) is 6.92 Å². The predicted octanol–water partition coefficient (Wildman–Crippen LogP) is 4.36. The number of amides is 1. The van der Waals surface area contributed by atoms with Crippen LogP contribution >= 0.6 is 0 Å². The van der Waals surface area contributed by atoms with Crippen LogP contribution in [0.15, 0.2) is 18.2 Å². The van der Waals surface area contributed by atoms with Crippen LogP contribution in [-0.2, 0) is 14.3 Å². The lowest BCUT2D eigenvalue weighted by atomic mass is 9.81. The van der Waals surface area contributed by atoms with Gasteiger partial charge in [0.05, 0.1) is 12.5 Å². The number of hydrogen-bond acceptors (Lipinski definition) is 3. The topological polar surface area (TPSA) is 55.4 Å². The van der Waals surface area contributed by atoms with Crippen molar-refractivity contribution in [1.29, 1.82) is 0 Å². The fraction of sp³-hybridized carbons (Fsp3) is 0.636. The molecule has 2 aliphatic rings. The van der Waals surface area contributed by atoms with E-state index in [0.717, 1.165) is 30.4 Å². The maximum absolute atomic E-state index is 13.0. The van der Waals surface area contributed by atoms with Crippen molar-refractivity contribution in [3.63, 3.8) is 0 Å². The van der Waals surface area contributed by atoms with Gasteiger partial charge in [-0.3, -0.25) is 4.79 Å². The van der Waals surface area contributed by atoms with Crippen molar-refractivity contribution in [2.75, 3.05) is 6.61 Å². The zero-order chi connectivity index (χ0) is 18.7. The number of esters is 1. The fourth-order valence-corrected chi connectivity index (χ4v) is 4.15. The summed E-state index contributed by atoms with van der Waals surface area (Å²) in [5, 5.41) is 3.08. The Morgan fingerprint density at radius 2 is 1.92 bits per heavy atom. The molecule has 0 bridgehead atoms. The monoisotopic (exact) mass is 357 g/mol. The molecule has 2 saturated carbocycles. The standard InChI is InChI=1S/C22H31NO3/c1-4-26-21(25)22(12-6-5-7-13-22)23-20(24)16(3)19-11-10-18(14-15(19)2)17-8-9-17/h10-11,14,16-17H,4-9,12-13H2,1-3H3,(H,23,24). The lowest BCUT2D eigenvalue weighted by molar-refractivity contribution is -0.155. The molecule has 1 amide bonds. The van der Waals surface area contributed by atoms with E-state index in [1.165, 1.54) is 18.4 Å². The summed E-state index contributed by atoms with van der Waals surface area (Å²) in [6.45, 7) is 6.15. The van der Waals surface area contributed by atoms with Gasteiger partial charge in [-0.25, -0.2) is 4.79 Å². The summed E-state index contributed by atoms with van der Waals surface area (Å²) in [7, 11) is 0. The third-order valence-corrected chi connectivity index (χ3v) is 5.94. The molecular weight excluding hydrogens is 326 g/mol. The van der Waals surface area contributed by atoms with E-state index in [2.05, 4.69) is 30.4 Å². The zero-order valence-electron chi connectivity index (χ0n) is 16.3. The normalized spacial score (nSPS) is 20.3. The first kappa shape index (κ1) is 18.9. The lowest BCUT2D eigenvalue weighted by Crippen LogP contribution is -2.57. The molecule has 0 heterocycles. The Bertz CT molecular complexity index is 672. The second-order valence-electron chi connectivity index (χ2n) is 7.96. The van der Waals surface area contributed by atoms with Crippen LogP contribution < -0.4 is 5.32 Å². The fourth-order valence-electron chi connectivity index (χ4n) is 4.15. The van der Waals surface area contributed by atoms with Gasteiger partial charge < -0.3 is 10.1 Å². The van der Waals surface area contributed by atoms with Gasteiger partial charge in [-0.15, -0.1) is 0 Å². The van der Waals surface area contributed by atoms with E-state index < -0.39 is 5.54 Å². The molecule has 3 rings (SSSR count). The summed E-state index contributed by atoms with van der Waals surface area (Å²) in [5.41, 5.74) is 2.74. The molecule has 0 saturated heterocycles. The van der Waals surface area contributed by atoms with E-state index in [1.54, 1.807) is 0 Å². The number of ether oxygens (including phenoxy) is 1. The van der Waals surface area contributed by atoms with Crippen molar-refractivity contribution in [1.82, 2.24) is 5.32 Å². The lowest BCUT2D eigenvalue weighted by Gasteiger charge is -2.36. The molecule has 2 fully saturated rings. The number of carbonyl (C=O) groups excluding carboxylic acids is 2. The number of nitrogens with one attached hydrogen (secondary N) is 1. The SMILES string of the molecule is CCOC(=O)C1(NC(=O)C(C)c2ccc(C3CC3)cc2C)CCCCC1. The van der Waals surface area contributed by atoms with E-state index in [9.17, 15) is 9.59 Å². The van der Waals surface area contributed by atoms with Crippen molar-refractivity contribution in [3.8, 4) is 0 Å². The first-order chi connectivity index (χ1) is 12.5. The molecule has 26 heavy (non-hydrogen) atoms. The first-order valence-electron chi connectivity index (χ1n) is 10.1. The Morgan fingerprint density at radius 3 is 2.50 bits per heavy atom. The van der Waals surface area contributed by atoms with E-state index in [0.29, 0.717) is 25.4 Å². The molecule has 4 heteroatoms. The molecule has 0 radical (unpaired) electrons. The molecule has 1 N–H and O–H groups in total. The highest BCUT2D eigenvalue weighted by Crippen LogP contribution is 2.41. The molecule has 1 unspecified atom stereocenters. The zero-order valence-corrected chi connectivity index (χ0v) is 16.3. The summed E-state index contributed by atoms with van der Waals surface area (Å²) in [6, 6.07) is 6.47. The summed E-state index contributed by atoms with van der Waals surface area (Å²) in [4.78, 5) is 25.6. The average molecular weight is 357 g/mol. The molecule has 1 aromatic carbocycles. The molecule has 2 aliphatic carbocycles. The maximum Gasteiger partial charge on any atom is 0.331 e. The summed E-state index contributed by atoms with van der Waals surface area (Å²) in [6.07, 6.45) is 6.89. The summed E-state index contributed by atoms with van der Waals surface area (Å²) in [5.74, 6) is 0.0703. The van der Waals surface area contributed by atoms with Gasteiger partial charge in [0.25, 0.3) is 0 Å². The summed E-state index contributed by atoms with van der Waals surface area (Å²) < 4.78 is 5.29. The van der Waals surface area contributed by atoms with Gasteiger partial charge in [-0.05, 0) is 69.1 Å². The minimum atomic E-state index is -0.846. The number of aryl methyl sites for hydroxylation is 1. The van der Waals surface area contributed by atoms with Crippen molar-refractivity contribution < 1.29 is 14.3 Å². The second-order valence-corrected chi connectivity index (χ2v) is 7.96. The van der Waals surface area contributed by atoms with Crippen molar-refractivity contribution >= 4 is 11.9 Å². The van der Waals surface area contributed by atoms with Crippen molar-refractivity contribution in [2.45, 2.75) is 83.1 Å². The highest BCUT2D eigenvalue weighted by Gasteiger charge is 2.43. The van der Waals surface area contributed by atoms with Crippen LogP contribution in [0.5, 0.6) is 0 Å². The first-order valence-corrected chi connectivity index (χ1v) is 10.1. The minimum absolute atomic E-state index is 0.0813. The van der Waals surface area contributed by atoms with Crippen LogP contribution in [0.2, 0.25) is 0 Å². The number of hydrogen-bond donors (Lipinski definition) is 1. The Kier molecular flexibility index (Phi) is 5.69. The number of benzene rings is 1. The number of carbonyl (C=O) groups is 2. The number of rotatable bonds is 6. The van der Waals surface area contributed by atoms with Gasteiger partial charge in [-0.1, -0.05) is 37.5 Å². The molecule has 0 aliphatic heterocycles. The van der Waals surface area contributed by atoms with Crippen molar-refractivity contribution in [3.05, 3.63) is 34.9 Å². The third kappa shape index (κ3) is 3.94. The highest BCUT2D eigenvalue weighted by molar-refractivity contribution is 5.91.